The highest BCUT2D eigenvalue weighted by Gasteiger charge is 2.02. The van der Waals surface area contributed by atoms with Gasteiger partial charge >= 0.3 is 0 Å². The summed E-state index contributed by atoms with van der Waals surface area (Å²) >= 11 is 1.73. The fourth-order valence-corrected chi connectivity index (χ4v) is 2.59. The fourth-order valence-electron chi connectivity index (χ4n) is 1.69. The number of nitrogens with one attached hydrogen (secondary N) is 1. The molecule has 0 heterocycles. The molecule has 0 saturated heterocycles. The van der Waals surface area contributed by atoms with Crippen molar-refractivity contribution >= 4 is 23.4 Å². The number of hydrogen-bond donors (Lipinski definition) is 1. The number of rotatable bonds is 6. The van der Waals surface area contributed by atoms with Gasteiger partial charge in [-0.2, -0.15) is 11.8 Å². The van der Waals surface area contributed by atoms with Gasteiger partial charge in [-0.25, -0.2) is 4.39 Å². The van der Waals surface area contributed by atoms with Crippen molar-refractivity contribution in [3.05, 3.63) is 66.0 Å². The quantitative estimate of drug-likeness (QED) is 0.812. The van der Waals surface area contributed by atoms with Crippen LogP contribution in [0.5, 0.6) is 0 Å². The summed E-state index contributed by atoms with van der Waals surface area (Å²) in [4.78, 5) is 11.7. The lowest BCUT2D eigenvalue weighted by molar-refractivity contribution is -0.115. The van der Waals surface area contributed by atoms with E-state index in [0.29, 0.717) is 12.1 Å². The molecule has 0 saturated carbocycles. The van der Waals surface area contributed by atoms with Gasteiger partial charge in [0.25, 0.3) is 0 Å². The third-order valence-corrected chi connectivity index (χ3v) is 3.74. The first-order valence-electron chi connectivity index (χ1n) is 6.41. The highest BCUT2D eigenvalue weighted by molar-refractivity contribution is 7.98. The molecular formula is C16H16FNOS. The third-order valence-electron chi connectivity index (χ3n) is 2.71. The van der Waals surface area contributed by atoms with Gasteiger partial charge in [0.05, 0.1) is 0 Å². The molecule has 2 rings (SSSR count). The predicted molar refractivity (Wildman–Crippen MR) is 82.3 cm³/mol. The molecule has 4 heteroatoms. The molecule has 2 aromatic rings. The van der Waals surface area contributed by atoms with E-state index >= 15 is 0 Å². The van der Waals surface area contributed by atoms with Crippen molar-refractivity contribution in [1.82, 2.24) is 0 Å². The van der Waals surface area contributed by atoms with Gasteiger partial charge < -0.3 is 5.32 Å². The second-order valence-electron chi connectivity index (χ2n) is 4.34. The Balaban J connectivity index is 1.66. The third kappa shape index (κ3) is 5.05. The standard InChI is InChI=1S/C16H16FNOS/c17-14-6-8-15(9-7-14)18-16(19)10-11-20-12-13-4-2-1-3-5-13/h1-9H,10-12H2,(H,18,19). The number of thioether (sulfide) groups is 1. The normalized spacial score (nSPS) is 10.2. The van der Waals surface area contributed by atoms with Crippen molar-refractivity contribution in [3.8, 4) is 0 Å². The van der Waals surface area contributed by atoms with E-state index in [9.17, 15) is 9.18 Å². The SMILES string of the molecule is O=C(CCSCc1ccccc1)Nc1ccc(F)cc1. The first-order chi connectivity index (χ1) is 9.74. The molecular weight excluding hydrogens is 273 g/mol. The average molecular weight is 289 g/mol. The van der Waals surface area contributed by atoms with Crippen LogP contribution in [0.25, 0.3) is 0 Å². The topological polar surface area (TPSA) is 29.1 Å². The van der Waals surface area contributed by atoms with Crippen LogP contribution < -0.4 is 5.32 Å². The zero-order chi connectivity index (χ0) is 14.2. The van der Waals surface area contributed by atoms with Crippen LogP contribution in [0.2, 0.25) is 0 Å². The van der Waals surface area contributed by atoms with Crippen molar-refractivity contribution in [1.29, 1.82) is 0 Å². The van der Waals surface area contributed by atoms with Gasteiger partial charge in [0, 0.05) is 23.6 Å². The van der Waals surface area contributed by atoms with Crippen LogP contribution in [-0.4, -0.2) is 11.7 Å². The van der Waals surface area contributed by atoms with E-state index in [-0.39, 0.29) is 11.7 Å². The number of amides is 1. The van der Waals surface area contributed by atoms with Gasteiger partial charge in [-0.3, -0.25) is 4.79 Å². The smallest absolute Gasteiger partial charge is 0.225 e. The van der Waals surface area contributed by atoms with Crippen molar-refractivity contribution in [2.45, 2.75) is 12.2 Å². The summed E-state index contributed by atoms with van der Waals surface area (Å²) in [6, 6.07) is 15.9. The zero-order valence-electron chi connectivity index (χ0n) is 11.0. The summed E-state index contributed by atoms with van der Waals surface area (Å²) in [5, 5.41) is 2.75. The van der Waals surface area contributed by atoms with Gasteiger partial charge in [0.1, 0.15) is 5.82 Å². The Morgan fingerprint density at radius 3 is 2.45 bits per heavy atom. The summed E-state index contributed by atoms with van der Waals surface area (Å²) in [6.45, 7) is 0. The van der Waals surface area contributed by atoms with E-state index in [4.69, 9.17) is 0 Å². The Kier molecular flexibility index (Phi) is 5.62. The molecule has 1 amide bonds. The fraction of sp³-hybridized carbons (Fsp3) is 0.188. The van der Waals surface area contributed by atoms with E-state index in [0.717, 1.165) is 11.5 Å². The maximum atomic E-state index is 12.7. The van der Waals surface area contributed by atoms with Crippen molar-refractivity contribution < 1.29 is 9.18 Å². The zero-order valence-corrected chi connectivity index (χ0v) is 11.8. The molecule has 1 N–H and O–H groups in total. The van der Waals surface area contributed by atoms with Crippen molar-refractivity contribution in [2.75, 3.05) is 11.1 Å². The Morgan fingerprint density at radius 1 is 1.05 bits per heavy atom. The van der Waals surface area contributed by atoms with Crippen LogP contribution >= 0.6 is 11.8 Å². The van der Waals surface area contributed by atoms with Crippen LogP contribution in [0.3, 0.4) is 0 Å². The number of carbonyl (C=O) groups excluding carboxylic acids is 1. The highest BCUT2D eigenvalue weighted by atomic mass is 32.2. The molecule has 0 spiro atoms. The summed E-state index contributed by atoms with van der Waals surface area (Å²) < 4.78 is 12.7. The van der Waals surface area contributed by atoms with Crippen molar-refractivity contribution in [3.63, 3.8) is 0 Å². The first kappa shape index (κ1) is 14.6. The van der Waals surface area contributed by atoms with Gasteiger partial charge in [-0.15, -0.1) is 0 Å². The van der Waals surface area contributed by atoms with Crippen LogP contribution in [0, 0.1) is 5.82 Å². The summed E-state index contributed by atoms with van der Waals surface area (Å²) in [6.07, 6.45) is 0.453. The van der Waals surface area contributed by atoms with Gasteiger partial charge in [0.2, 0.25) is 5.91 Å². The van der Waals surface area contributed by atoms with Crippen molar-refractivity contribution in [2.24, 2.45) is 0 Å². The molecule has 0 radical (unpaired) electrons. The molecule has 0 aromatic heterocycles. The highest BCUT2D eigenvalue weighted by Crippen LogP contribution is 2.13. The molecule has 0 atom stereocenters. The van der Waals surface area contributed by atoms with Gasteiger partial charge in [-0.1, -0.05) is 30.3 Å². The number of benzene rings is 2. The van der Waals surface area contributed by atoms with Crippen LogP contribution in [-0.2, 0) is 10.5 Å². The molecule has 2 aromatic carbocycles. The van der Waals surface area contributed by atoms with E-state index < -0.39 is 0 Å². The maximum absolute atomic E-state index is 12.7. The lowest BCUT2D eigenvalue weighted by Crippen LogP contribution is -2.12. The van der Waals surface area contributed by atoms with E-state index in [1.807, 2.05) is 18.2 Å². The number of hydrogen-bond acceptors (Lipinski definition) is 2. The molecule has 20 heavy (non-hydrogen) atoms. The summed E-state index contributed by atoms with van der Waals surface area (Å²) in [7, 11) is 0. The van der Waals surface area contributed by atoms with Gasteiger partial charge in [0.15, 0.2) is 0 Å². The lowest BCUT2D eigenvalue weighted by atomic mass is 10.2. The largest absolute Gasteiger partial charge is 0.326 e. The summed E-state index contributed by atoms with van der Waals surface area (Å²) in [5.41, 5.74) is 1.89. The van der Waals surface area contributed by atoms with E-state index in [1.54, 1.807) is 23.9 Å². The van der Waals surface area contributed by atoms with Crippen LogP contribution in [0.15, 0.2) is 54.6 Å². The second kappa shape index (κ2) is 7.70. The number of carbonyl (C=O) groups is 1. The van der Waals surface area contributed by atoms with E-state index in [2.05, 4.69) is 17.4 Å². The molecule has 0 fully saturated rings. The van der Waals surface area contributed by atoms with Crippen LogP contribution in [0.4, 0.5) is 10.1 Å². The molecule has 0 aliphatic heterocycles. The molecule has 0 unspecified atom stereocenters. The first-order valence-corrected chi connectivity index (χ1v) is 7.56. The number of anilines is 1. The Hall–Kier alpha value is -1.81. The molecule has 0 bridgehead atoms. The second-order valence-corrected chi connectivity index (χ2v) is 5.45. The van der Waals surface area contributed by atoms with Crippen LogP contribution in [0.1, 0.15) is 12.0 Å². The molecule has 0 aliphatic rings. The molecule has 104 valence electrons. The van der Waals surface area contributed by atoms with E-state index in [1.165, 1.54) is 17.7 Å². The lowest BCUT2D eigenvalue weighted by Gasteiger charge is -2.05. The minimum absolute atomic E-state index is 0.0443. The average Bonchev–Trinajstić information content (AvgIpc) is 2.47. The Labute approximate surface area is 122 Å². The monoisotopic (exact) mass is 289 g/mol. The number of halogens is 1. The minimum atomic E-state index is -0.304. The predicted octanol–water partition coefficient (Wildman–Crippen LogP) is 4.09. The Morgan fingerprint density at radius 2 is 1.75 bits per heavy atom. The maximum Gasteiger partial charge on any atom is 0.225 e. The molecule has 2 nitrogen and oxygen atoms in total. The summed E-state index contributed by atoms with van der Waals surface area (Å²) in [5.74, 6) is 1.32. The Bertz CT molecular complexity index is 542. The molecule has 0 aliphatic carbocycles. The van der Waals surface area contributed by atoms with Gasteiger partial charge in [-0.05, 0) is 29.8 Å². The minimum Gasteiger partial charge on any atom is -0.326 e.